The molecule has 0 aromatic heterocycles. The van der Waals surface area contributed by atoms with E-state index >= 15 is 0 Å². The predicted octanol–water partition coefficient (Wildman–Crippen LogP) is 2.92. The first-order valence-corrected chi connectivity index (χ1v) is 6.69. The average molecular weight is 254 g/mol. The van der Waals surface area contributed by atoms with Crippen LogP contribution in [0.3, 0.4) is 0 Å². The van der Waals surface area contributed by atoms with Gasteiger partial charge in [0.1, 0.15) is 11.9 Å². The second-order valence-electron chi connectivity index (χ2n) is 4.73. The molecule has 3 nitrogen and oxygen atoms in total. The number of methoxy groups -OCH3 is 1. The highest BCUT2D eigenvalue weighted by Crippen LogP contribution is 2.27. The lowest BCUT2D eigenvalue weighted by Crippen LogP contribution is -2.35. The van der Waals surface area contributed by atoms with Crippen LogP contribution >= 0.6 is 0 Å². The quantitative estimate of drug-likeness (QED) is 0.913. The lowest BCUT2D eigenvalue weighted by molar-refractivity contribution is 0.155. The molecule has 1 unspecified atom stereocenters. The SMILES string of the molecule is COC(C1=NCCCN1)c1cccc2ccccc12. The largest absolute Gasteiger partial charge is 0.371 e. The van der Waals surface area contributed by atoms with E-state index in [0.29, 0.717) is 0 Å². The van der Waals surface area contributed by atoms with Crippen LogP contribution in [0.15, 0.2) is 47.5 Å². The van der Waals surface area contributed by atoms with Gasteiger partial charge in [-0.15, -0.1) is 0 Å². The maximum Gasteiger partial charge on any atom is 0.140 e. The number of nitrogens with one attached hydrogen (secondary N) is 1. The van der Waals surface area contributed by atoms with Crippen LogP contribution in [-0.2, 0) is 4.74 Å². The lowest BCUT2D eigenvalue weighted by atomic mass is 9.99. The highest BCUT2D eigenvalue weighted by atomic mass is 16.5. The molecule has 0 radical (unpaired) electrons. The van der Waals surface area contributed by atoms with Gasteiger partial charge in [0.15, 0.2) is 0 Å². The maximum atomic E-state index is 5.69. The van der Waals surface area contributed by atoms with Crippen molar-refractivity contribution in [2.24, 2.45) is 4.99 Å². The number of amidine groups is 1. The molecule has 2 aromatic carbocycles. The lowest BCUT2D eigenvalue weighted by Gasteiger charge is -2.23. The van der Waals surface area contributed by atoms with Crippen molar-refractivity contribution in [2.45, 2.75) is 12.5 Å². The average Bonchev–Trinajstić information content (AvgIpc) is 2.49. The summed E-state index contributed by atoms with van der Waals surface area (Å²) in [7, 11) is 1.74. The van der Waals surface area contributed by atoms with E-state index in [9.17, 15) is 0 Å². The maximum absolute atomic E-state index is 5.69. The van der Waals surface area contributed by atoms with Crippen LogP contribution in [0.2, 0.25) is 0 Å². The molecule has 0 aliphatic carbocycles. The first-order valence-electron chi connectivity index (χ1n) is 6.69. The molecular formula is C16H18N2O. The second-order valence-corrected chi connectivity index (χ2v) is 4.73. The highest BCUT2D eigenvalue weighted by molar-refractivity contribution is 5.94. The Kier molecular flexibility index (Phi) is 3.47. The van der Waals surface area contributed by atoms with Crippen LogP contribution in [0.5, 0.6) is 0 Å². The van der Waals surface area contributed by atoms with Crippen molar-refractivity contribution in [3.8, 4) is 0 Å². The van der Waals surface area contributed by atoms with E-state index in [1.54, 1.807) is 7.11 Å². The van der Waals surface area contributed by atoms with E-state index in [0.717, 1.165) is 25.3 Å². The third kappa shape index (κ3) is 2.34. The van der Waals surface area contributed by atoms with Crippen molar-refractivity contribution in [1.29, 1.82) is 0 Å². The molecule has 0 saturated heterocycles. The van der Waals surface area contributed by atoms with Crippen LogP contribution in [0.4, 0.5) is 0 Å². The Hall–Kier alpha value is -1.87. The Morgan fingerprint density at radius 1 is 1.16 bits per heavy atom. The third-order valence-corrected chi connectivity index (χ3v) is 3.51. The van der Waals surface area contributed by atoms with Gasteiger partial charge in [0, 0.05) is 20.2 Å². The van der Waals surface area contributed by atoms with Gasteiger partial charge in [-0.1, -0.05) is 42.5 Å². The van der Waals surface area contributed by atoms with Gasteiger partial charge in [0.25, 0.3) is 0 Å². The minimum absolute atomic E-state index is 0.105. The smallest absolute Gasteiger partial charge is 0.140 e. The van der Waals surface area contributed by atoms with Gasteiger partial charge in [-0.05, 0) is 22.8 Å². The van der Waals surface area contributed by atoms with E-state index in [4.69, 9.17) is 4.74 Å². The van der Waals surface area contributed by atoms with Gasteiger partial charge < -0.3 is 10.1 Å². The zero-order chi connectivity index (χ0) is 13.1. The Morgan fingerprint density at radius 2 is 2.00 bits per heavy atom. The van der Waals surface area contributed by atoms with Crippen LogP contribution in [0.1, 0.15) is 18.1 Å². The second kappa shape index (κ2) is 5.41. The molecule has 2 aromatic rings. The molecule has 0 amide bonds. The number of aliphatic imine (C=N–C) groups is 1. The molecule has 3 rings (SSSR count). The Labute approximate surface area is 113 Å². The van der Waals surface area contributed by atoms with Gasteiger partial charge >= 0.3 is 0 Å². The van der Waals surface area contributed by atoms with Gasteiger partial charge in [-0.3, -0.25) is 4.99 Å². The summed E-state index contributed by atoms with van der Waals surface area (Å²) in [5.41, 5.74) is 1.17. The van der Waals surface area contributed by atoms with Crippen molar-refractivity contribution >= 4 is 16.6 Å². The first-order chi connectivity index (χ1) is 9.40. The number of fused-ring (bicyclic) bond motifs is 1. The van der Waals surface area contributed by atoms with E-state index in [2.05, 4.69) is 52.8 Å². The summed E-state index contributed by atoms with van der Waals surface area (Å²) >= 11 is 0. The number of hydrogen-bond donors (Lipinski definition) is 1. The molecule has 0 spiro atoms. The van der Waals surface area contributed by atoms with Gasteiger partial charge in [0.2, 0.25) is 0 Å². The minimum Gasteiger partial charge on any atom is -0.371 e. The molecule has 0 bridgehead atoms. The fraction of sp³-hybridized carbons (Fsp3) is 0.312. The van der Waals surface area contributed by atoms with Crippen LogP contribution in [0, 0.1) is 0 Å². The fourth-order valence-corrected chi connectivity index (χ4v) is 2.59. The van der Waals surface area contributed by atoms with Crippen LogP contribution in [-0.4, -0.2) is 26.0 Å². The van der Waals surface area contributed by atoms with Crippen LogP contribution < -0.4 is 5.32 Å². The van der Waals surface area contributed by atoms with E-state index in [1.807, 2.05) is 0 Å². The van der Waals surface area contributed by atoms with E-state index < -0.39 is 0 Å². The molecule has 1 atom stereocenters. The normalized spacial score (nSPS) is 16.8. The zero-order valence-corrected chi connectivity index (χ0v) is 11.1. The van der Waals surface area contributed by atoms with Gasteiger partial charge in [-0.2, -0.15) is 0 Å². The third-order valence-electron chi connectivity index (χ3n) is 3.51. The monoisotopic (exact) mass is 254 g/mol. The molecule has 3 heteroatoms. The number of rotatable bonds is 3. The molecule has 19 heavy (non-hydrogen) atoms. The molecule has 98 valence electrons. The molecule has 1 aliphatic heterocycles. The summed E-state index contributed by atoms with van der Waals surface area (Å²) in [5.74, 6) is 0.949. The number of hydrogen-bond acceptors (Lipinski definition) is 3. The number of nitrogens with zero attached hydrogens (tertiary/aromatic N) is 1. The van der Waals surface area contributed by atoms with Crippen molar-refractivity contribution < 1.29 is 4.74 Å². The summed E-state index contributed by atoms with van der Waals surface area (Å²) < 4.78 is 5.69. The van der Waals surface area contributed by atoms with E-state index in [-0.39, 0.29) is 6.10 Å². The number of ether oxygens (including phenoxy) is 1. The summed E-state index contributed by atoms with van der Waals surface area (Å²) in [4.78, 5) is 4.56. The van der Waals surface area contributed by atoms with Gasteiger partial charge in [-0.25, -0.2) is 0 Å². The molecular weight excluding hydrogens is 236 g/mol. The topological polar surface area (TPSA) is 33.6 Å². The fourth-order valence-electron chi connectivity index (χ4n) is 2.59. The van der Waals surface area contributed by atoms with Crippen molar-refractivity contribution in [1.82, 2.24) is 5.32 Å². The Balaban J connectivity index is 2.08. The minimum atomic E-state index is -0.105. The Morgan fingerprint density at radius 3 is 2.79 bits per heavy atom. The van der Waals surface area contributed by atoms with E-state index in [1.165, 1.54) is 16.3 Å². The summed E-state index contributed by atoms with van der Waals surface area (Å²) in [5, 5.41) is 5.82. The molecule has 0 saturated carbocycles. The first kappa shape index (κ1) is 12.2. The summed E-state index contributed by atoms with van der Waals surface area (Å²) in [6, 6.07) is 14.7. The summed E-state index contributed by atoms with van der Waals surface area (Å²) in [6.07, 6.45) is 0.988. The molecule has 1 aliphatic rings. The van der Waals surface area contributed by atoms with Crippen molar-refractivity contribution in [3.63, 3.8) is 0 Å². The van der Waals surface area contributed by atoms with Crippen LogP contribution in [0.25, 0.3) is 10.8 Å². The van der Waals surface area contributed by atoms with Crippen molar-refractivity contribution in [3.05, 3.63) is 48.0 Å². The highest BCUT2D eigenvalue weighted by Gasteiger charge is 2.21. The predicted molar refractivity (Wildman–Crippen MR) is 78.6 cm³/mol. The molecule has 1 heterocycles. The van der Waals surface area contributed by atoms with Gasteiger partial charge in [0.05, 0.1) is 0 Å². The molecule has 0 fully saturated rings. The molecule has 1 N–H and O–H groups in total. The zero-order valence-electron chi connectivity index (χ0n) is 11.1. The summed E-state index contributed by atoms with van der Waals surface area (Å²) in [6.45, 7) is 1.86. The standard InChI is InChI=1S/C16H18N2O/c1-19-15(16-17-10-5-11-18-16)14-9-4-7-12-6-2-3-8-13(12)14/h2-4,6-9,15H,5,10-11H2,1H3,(H,17,18). The van der Waals surface area contributed by atoms with Crippen molar-refractivity contribution in [2.75, 3.05) is 20.2 Å². The number of benzene rings is 2. The Bertz CT molecular complexity index is 601.